The van der Waals surface area contributed by atoms with Crippen molar-refractivity contribution in [3.63, 3.8) is 0 Å². The first kappa shape index (κ1) is 12.5. The Labute approximate surface area is 116 Å². The van der Waals surface area contributed by atoms with E-state index in [4.69, 9.17) is 0 Å². The summed E-state index contributed by atoms with van der Waals surface area (Å²) in [5, 5.41) is 0.895. The normalized spacial score (nSPS) is 11.2. The van der Waals surface area contributed by atoms with E-state index in [1.54, 1.807) is 10.8 Å². The van der Waals surface area contributed by atoms with E-state index in [1.807, 2.05) is 56.3 Å². The topological polar surface area (TPSA) is 47.8 Å². The van der Waals surface area contributed by atoms with E-state index in [1.165, 1.54) is 0 Å². The third kappa shape index (κ3) is 1.99. The number of fused-ring (bicyclic) bond motifs is 1. The fraction of sp³-hybridized carbons (Fsp3) is 0.188. The summed E-state index contributed by atoms with van der Waals surface area (Å²) in [6.07, 6.45) is 1.70. The van der Waals surface area contributed by atoms with Crippen LogP contribution in [0.25, 0.3) is 22.3 Å². The van der Waals surface area contributed by atoms with Crippen molar-refractivity contribution in [3.8, 4) is 11.3 Å². The molecule has 0 fully saturated rings. The molecular formula is C16H15N3O. The van der Waals surface area contributed by atoms with Crippen molar-refractivity contribution in [2.24, 2.45) is 0 Å². The first-order valence-corrected chi connectivity index (χ1v) is 6.61. The molecule has 0 radical (unpaired) electrons. The summed E-state index contributed by atoms with van der Waals surface area (Å²) < 4.78 is 1.63. The van der Waals surface area contributed by atoms with E-state index in [2.05, 4.69) is 9.97 Å². The van der Waals surface area contributed by atoms with Crippen LogP contribution in [0.15, 0.2) is 53.5 Å². The fourth-order valence-electron chi connectivity index (χ4n) is 2.36. The number of benzene rings is 1. The Morgan fingerprint density at radius 1 is 1.05 bits per heavy atom. The lowest BCUT2D eigenvalue weighted by Crippen LogP contribution is -2.26. The number of aromatic nitrogens is 3. The van der Waals surface area contributed by atoms with E-state index >= 15 is 0 Å². The van der Waals surface area contributed by atoms with Gasteiger partial charge in [-0.15, -0.1) is 0 Å². The Hall–Kier alpha value is -2.49. The number of pyridine rings is 1. The standard InChI is InChI=1S/C16H15N3O/c1-11(2)19-15-13(9-6-10-17-15)14(18-16(19)20)12-7-4-3-5-8-12/h3-11H,1-2H3. The number of rotatable bonds is 2. The lowest BCUT2D eigenvalue weighted by Gasteiger charge is -2.14. The average molecular weight is 265 g/mol. The molecule has 4 heteroatoms. The van der Waals surface area contributed by atoms with Gasteiger partial charge in [0.2, 0.25) is 0 Å². The molecule has 0 aliphatic carbocycles. The highest BCUT2D eigenvalue weighted by atomic mass is 16.1. The van der Waals surface area contributed by atoms with Crippen molar-refractivity contribution < 1.29 is 0 Å². The molecule has 0 saturated carbocycles. The third-order valence-electron chi connectivity index (χ3n) is 3.25. The second-order valence-corrected chi connectivity index (χ2v) is 4.95. The van der Waals surface area contributed by atoms with Crippen LogP contribution in [0.5, 0.6) is 0 Å². The largest absolute Gasteiger partial charge is 0.350 e. The molecule has 0 N–H and O–H groups in total. The fourth-order valence-corrected chi connectivity index (χ4v) is 2.36. The molecule has 0 spiro atoms. The summed E-state index contributed by atoms with van der Waals surface area (Å²) in [7, 11) is 0. The molecule has 3 rings (SSSR count). The lowest BCUT2D eigenvalue weighted by atomic mass is 10.1. The summed E-state index contributed by atoms with van der Waals surface area (Å²) in [5.41, 5.74) is 2.04. The van der Waals surface area contributed by atoms with E-state index < -0.39 is 0 Å². The van der Waals surface area contributed by atoms with Crippen LogP contribution in [0.3, 0.4) is 0 Å². The zero-order chi connectivity index (χ0) is 14.1. The molecule has 2 aromatic heterocycles. The van der Waals surface area contributed by atoms with Gasteiger partial charge in [-0.25, -0.2) is 9.78 Å². The van der Waals surface area contributed by atoms with Crippen LogP contribution < -0.4 is 5.69 Å². The molecule has 0 aliphatic heterocycles. The van der Waals surface area contributed by atoms with Gasteiger partial charge in [0.25, 0.3) is 0 Å². The summed E-state index contributed by atoms with van der Waals surface area (Å²) in [6.45, 7) is 3.92. The summed E-state index contributed by atoms with van der Waals surface area (Å²) in [5.74, 6) is 0. The molecule has 0 amide bonds. The van der Waals surface area contributed by atoms with Gasteiger partial charge in [-0.05, 0) is 26.0 Å². The van der Waals surface area contributed by atoms with Crippen LogP contribution in [0.1, 0.15) is 19.9 Å². The van der Waals surface area contributed by atoms with Crippen LogP contribution in [-0.2, 0) is 0 Å². The summed E-state index contributed by atoms with van der Waals surface area (Å²) in [6, 6.07) is 13.6. The zero-order valence-electron chi connectivity index (χ0n) is 11.4. The molecule has 0 aliphatic rings. The molecule has 0 unspecified atom stereocenters. The van der Waals surface area contributed by atoms with Gasteiger partial charge in [-0.3, -0.25) is 4.57 Å². The molecule has 20 heavy (non-hydrogen) atoms. The smallest absolute Gasteiger partial charge is 0.273 e. The molecule has 1 aromatic carbocycles. The number of hydrogen-bond donors (Lipinski definition) is 0. The molecular weight excluding hydrogens is 250 g/mol. The van der Waals surface area contributed by atoms with Crippen molar-refractivity contribution in [1.82, 2.24) is 14.5 Å². The van der Waals surface area contributed by atoms with Gasteiger partial charge >= 0.3 is 5.69 Å². The van der Waals surface area contributed by atoms with Crippen molar-refractivity contribution in [3.05, 3.63) is 59.1 Å². The van der Waals surface area contributed by atoms with Crippen molar-refractivity contribution in [2.45, 2.75) is 19.9 Å². The first-order valence-electron chi connectivity index (χ1n) is 6.61. The van der Waals surface area contributed by atoms with Gasteiger partial charge in [-0.1, -0.05) is 30.3 Å². The Bertz CT molecular complexity index is 807. The minimum absolute atomic E-state index is 0.0252. The summed E-state index contributed by atoms with van der Waals surface area (Å²) in [4.78, 5) is 20.9. The molecule has 100 valence electrons. The predicted octanol–water partition coefficient (Wildman–Crippen LogP) is 3.04. The highest BCUT2D eigenvalue weighted by Crippen LogP contribution is 2.24. The molecule has 0 saturated heterocycles. The van der Waals surface area contributed by atoms with Gasteiger partial charge in [0.15, 0.2) is 0 Å². The van der Waals surface area contributed by atoms with Gasteiger partial charge in [0.05, 0.1) is 5.69 Å². The average Bonchev–Trinajstić information content (AvgIpc) is 2.47. The Kier molecular flexibility index (Phi) is 3.06. The van der Waals surface area contributed by atoms with Crippen LogP contribution in [-0.4, -0.2) is 14.5 Å². The van der Waals surface area contributed by atoms with Crippen molar-refractivity contribution >= 4 is 11.0 Å². The monoisotopic (exact) mass is 265 g/mol. The highest BCUT2D eigenvalue weighted by molar-refractivity contribution is 5.90. The van der Waals surface area contributed by atoms with Crippen LogP contribution >= 0.6 is 0 Å². The van der Waals surface area contributed by atoms with Gasteiger partial charge < -0.3 is 0 Å². The molecule has 0 atom stereocenters. The Balaban J connectivity index is 2.42. The van der Waals surface area contributed by atoms with Crippen molar-refractivity contribution in [1.29, 1.82) is 0 Å². The second kappa shape index (κ2) is 4.89. The van der Waals surface area contributed by atoms with E-state index in [0.29, 0.717) is 11.3 Å². The minimum atomic E-state index is -0.259. The molecule has 4 nitrogen and oxygen atoms in total. The van der Waals surface area contributed by atoms with E-state index in [0.717, 1.165) is 10.9 Å². The third-order valence-corrected chi connectivity index (χ3v) is 3.25. The number of nitrogens with zero attached hydrogens (tertiary/aromatic N) is 3. The Morgan fingerprint density at radius 3 is 2.50 bits per heavy atom. The van der Waals surface area contributed by atoms with E-state index in [9.17, 15) is 4.79 Å². The number of hydrogen-bond acceptors (Lipinski definition) is 3. The maximum atomic E-state index is 12.3. The van der Waals surface area contributed by atoms with Crippen LogP contribution in [0.4, 0.5) is 0 Å². The van der Waals surface area contributed by atoms with Crippen LogP contribution in [0, 0.1) is 0 Å². The van der Waals surface area contributed by atoms with Crippen molar-refractivity contribution in [2.75, 3.05) is 0 Å². The minimum Gasteiger partial charge on any atom is -0.273 e. The first-order chi connectivity index (χ1) is 9.68. The maximum absolute atomic E-state index is 12.3. The molecule has 3 aromatic rings. The highest BCUT2D eigenvalue weighted by Gasteiger charge is 2.14. The maximum Gasteiger partial charge on any atom is 0.350 e. The van der Waals surface area contributed by atoms with Crippen LogP contribution in [0.2, 0.25) is 0 Å². The SMILES string of the molecule is CC(C)n1c(=O)nc(-c2ccccc2)c2cccnc21. The van der Waals surface area contributed by atoms with Gasteiger partial charge in [0.1, 0.15) is 5.65 Å². The van der Waals surface area contributed by atoms with Gasteiger partial charge in [0, 0.05) is 23.2 Å². The Morgan fingerprint density at radius 2 is 1.80 bits per heavy atom. The van der Waals surface area contributed by atoms with Gasteiger partial charge in [-0.2, -0.15) is 4.98 Å². The quantitative estimate of drug-likeness (QED) is 0.715. The lowest BCUT2D eigenvalue weighted by molar-refractivity contribution is 0.582. The molecule has 2 heterocycles. The summed E-state index contributed by atoms with van der Waals surface area (Å²) >= 11 is 0. The van der Waals surface area contributed by atoms with E-state index in [-0.39, 0.29) is 11.7 Å². The molecule has 0 bridgehead atoms. The predicted molar refractivity (Wildman–Crippen MR) is 79.6 cm³/mol. The zero-order valence-corrected chi connectivity index (χ0v) is 11.4. The second-order valence-electron chi connectivity index (χ2n) is 4.95.